The largest absolute Gasteiger partial charge is 0.481 e. The van der Waals surface area contributed by atoms with Gasteiger partial charge < -0.3 is 9.26 Å². The zero-order valence-corrected chi connectivity index (χ0v) is 9.56. The van der Waals surface area contributed by atoms with Crippen LogP contribution in [0.1, 0.15) is 5.89 Å². The summed E-state index contributed by atoms with van der Waals surface area (Å²) >= 11 is 3.23. The number of ether oxygens (including phenoxy) is 1. The van der Waals surface area contributed by atoms with Gasteiger partial charge in [0.05, 0.1) is 12.4 Å². The van der Waals surface area contributed by atoms with Crippen LogP contribution in [-0.4, -0.2) is 22.2 Å². The van der Waals surface area contributed by atoms with Gasteiger partial charge in [-0.25, -0.2) is 4.98 Å². The van der Waals surface area contributed by atoms with E-state index in [0.717, 1.165) is 0 Å². The molecule has 0 saturated carbocycles. The number of methoxy groups -OCH3 is 1. The lowest BCUT2D eigenvalue weighted by atomic mass is 10.3. The highest BCUT2D eigenvalue weighted by molar-refractivity contribution is 9.08. The molecule has 0 bridgehead atoms. The van der Waals surface area contributed by atoms with Crippen LogP contribution < -0.4 is 4.74 Å². The summed E-state index contributed by atoms with van der Waals surface area (Å²) in [7, 11) is 1.56. The van der Waals surface area contributed by atoms with Gasteiger partial charge in [0, 0.05) is 6.07 Å². The van der Waals surface area contributed by atoms with Crippen LogP contribution in [0.2, 0.25) is 0 Å². The molecule has 2 aromatic rings. The van der Waals surface area contributed by atoms with Gasteiger partial charge in [0.25, 0.3) is 0 Å². The lowest BCUT2D eigenvalue weighted by Crippen LogP contribution is -1.90. The summed E-state index contributed by atoms with van der Waals surface area (Å²) in [4.78, 5) is 8.32. The molecule has 78 valence electrons. The van der Waals surface area contributed by atoms with Crippen molar-refractivity contribution in [3.63, 3.8) is 0 Å². The highest BCUT2D eigenvalue weighted by atomic mass is 79.9. The Hall–Kier alpha value is -1.43. The predicted octanol–water partition coefficient (Wildman–Crippen LogP) is 2.04. The molecule has 0 aliphatic rings. The van der Waals surface area contributed by atoms with E-state index in [9.17, 15) is 0 Å². The van der Waals surface area contributed by atoms with Crippen molar-refractivity contribution in [2.45, 2.75) is 5.33 Å². The van der Waals surface area contributed by atoms with Crippen molar-refractivity contribution in [1.29, 1.82) is 0 Å². The average molecular weight is 270 g/mol. The molecule has 0 amide bonds. The molecule has 0 spiro atoms. The molecular formula is C9H8BrN3O2. The highest BCUT2D eigenvalue weighted by Crippen LogP contribution is 2.17. The number of alkyl halides is 1. The number of pyridine rings is 1. The van der Waals surface area contributed by atoms with Gasteiger partial charge in [-0.05, 0) is 6.07 Å². The second-order valence-corrected chi connectivity index (χ2v) is 3.27. The molecule has 0 saturated heterocycles. The SMILES string of the molecule is COc1cccc(-c2noc(CBr)n2)n1. The zero-order valence-electron chi connectivity index (χ0n) is 7.98. The van der Waals surface area contributed by atoms with Gasteiger partial charge in [-0.2, -0.15) is 4.98 Å². The van der Waals surface area contributed by atoms with E-state index in [1.807, 2.05) is 6.07 Å². The minimum atomic E-state index is 0.461. The second-order valence-electron chi connectivity index (χ2n) is 2.71. The van der Waals surface area contributed by atoms with Gasteiger partial charge in [0.1, 0.15) is 5.69 Å². The molecule has 2 aromatic heterocycles. The Labute approximate surface area is 94.6 Å². The first-order chi connectivity index (χ1) is 7.33. The molecule has 0 atom stereocenters. The normalized spacial score (nSPS) is 10.3. The quantitative estimate of drug-likeness (QED) is 0.798. The third kappa shape index (κ3) is 2.15. The Morgan fingerprint density at radius 2 is 2.27 bits per heavy atom. The van der Waals surface area contributed by atoms with E-state index in [2.05, 4.69) is 31.1 Å². The first-order valence-electron chi connectivity index (χ1n) is 4.23. The highest BCUT2D eigenvalue weighted by Gasteiger charge is 2.09. The zero-order chi connectivity index (χ0) is 10.7. The molecular weight excluding hydrogens is 262 g/mol. The van der Waals surface area contributed by atoms with Crippen LogP contribution in [0.25, 0.3) is 11.5 Å². The summed E-state index contributed by atoms with van der Waals surface area (Å²) in [5.74, 6) is 1.51. The summed E-state index contributed by atoms with van der Waals surface area (Å²) in [6, 6.07) is 5.38. The lowest BCUT2D eigenvalue weighted by Gasteiger charge is -1.98. The fourth-order valence-corrected chi connectivity index (χ4v) is 1.29. The summed E-state index contributed by atoms with van der Waals surface area (Å²) in [6.07, 6.45) is 0. The van der Waals surface area contributed by atoms with Gasteiger partial charge in [-0.3, -0.25) is 0 Å². The van der Waals surface area contributed by atoms with Gasteiger partial charge in [-0.1, -0.05) is 27.2 Å². The maximum absolute atomic E-state index is 5.00. The summed E-state index contributed by atoms with van der Waals surface area (Å²) in [5, 5.41) is 4.33. The van der Waals surface area contributed by atoms with Crippen LogP contribution in [-0.2, 0) is 5.33 Å². The van der Waals surface area contributed by atoms with E-state index in [1.165, 1.54) is 0 Å². The Kier molecular flexibility index (Phi) is 2.96. The van der Waals surface area contributed by atoms with Crippen molar-refractivity contribution in [1.82, 2.24) is 15.1 Å². The monoisotopic (exact) mass is 269 g/mol. The number of halogens is 1. The van der Waals surface area contributed by atoms with Crippen molar-refractivity contribution in [3.8, 4) is 17.4 Å². The molecule has 0 unspecified atom stereocenters. The summed E-state index contributed by atoms with van der Waals surface area (Å²) in [5.41, 5.74) is 0.630. The van der Waals surface area contributed by atoms with Gasteiger partial charge >= 0.3 is 0 Å². The number of hydrogen-bond acceptors (Lipinski definition) is 5. The molecule has 5 nitrogen and oxygen atoms in total. The Bertz CT molecular complexity index is 458. The van der Waals surface area contributed by atoms with Crippen molar-refractivity contribution >= 4 is 15.9 Å². The number of rotatable bonds is 3. The van der Waals surface area contributed by atoms with Crippen molar-refractivity contribution in [2.75, 3.05) is 7.11 Å². The van der Waals surface area contributed by atoms with Crippen molar-refractivity contribution < 1.29 is 9.26 Å². The molecule has 0 radical (unpaired) electrons. The molecule has 2 heterocycles. The van der Waals surface area contributed by atoms with Gasteiger partial charge in [0.15, 0.2) is 0 Å². The van der Waals surface area contributed by atoms with Crippen molar-refractivity contribution in [2.24, 2.45) is 0 Å². The van der Waals surface area contributed by atoms with E-state index in [0.29, 0.717) is 28.6 Å². The number of aromatic nitrogens is 3. The molecule has 0 fully saturated rings. The Morgan fingerprint density at radius 3 is 2.93 bits per heavy atom. The fraction of sp³-hybridized carbons (Fsp3) is 0.222. The van der Waals surface area contributed by atoms with Gasteiger partial charge in [-0.15, -0.1) is 0 Å². The first-order valence-corrected chi connectivity index (χ1v) is 5.35. The van der Waals surface area contributed by atoms with Crippen LogP contribution in [0.4, 0.5) is 0 Å². The smallest absolute Gasteiger partial charge is 0.237 e. The third-order valence-electron chi connectivity index (χ3n) is 1.74. The van der Waals surface area contributed by atoms with Crippen LogP contribution in [0.3, 0.4) is 0 Å². The van der Waals surface area contributed by atoms with Crippen LogP contribution in [0, 0.1) is 0 Å². The summed E-state index contributed by atoms with van der Waals surface area (Å²) in [6.45, 7) is 0. The molecule has 6 heteroatoms. The lowest BCUT2D eigenvalue weighted by molar-refractivity contribution is 0.391. The third-order valence-corrected chi connectivity index (χ3v) is 2.22. The van der Waals surface area contributed by atoms with E-state index in [4.69, 9.17) is 9.26 Å². The topological polar surface area (TPSA) is 61.0 Å². The maximum atomic E-state index is 5.00. The first kappa shape index (κ1) is 10.1. The molecule has 0 aliphatic carbocycles. The minimum absolute atomic E-state index is 0.461. The average Bonchev–Trinajstić information content (AvgIpc) is 2.78. The van der Waals surface area contributed by atoms with Gasteiger partial charge in [0.2, 0.25) is 17.6 Å². The number of hydrogen-bond donors (Lipinski definition) is 0. The van der Waals surface area contributed by atoms with E-state index < -0.39 is 0 Å². The fourth-order valence-electron chi connectivity index (χ4n) is 1.07. The molecule has 15 heavy (non-hydrogen) atoms. The number of nitrogens with zero attached hydrogens (tertiary/aromatic N) is 3. The molecule has 0 aliphatic heterocycles. The second kappa shape index (κ2) is 4.39. The van der Waals surface area contributed by atoms with E-state index >= 15 is 0 Å². The Morgan fingerprint density at radius 1 is 1.40 bits per heavy atom. The molecule has 2 rings (SSSR count). The van der Waals surface area contributed by atoms with E-state index in [-0.39, 0.29) is 0 Å². The van der Waals surface area contributed by atoms with Crippen molar-refractivity contribution in [3.05, 3.63) is 24.1 Å². The minimum Gasteiger partial charge on any atom is -0.481 e. The standard InChI is InChI=1S/C9H8BrN3O2/c1-14-7-4-2-3-6(11-7)9-12-8(5-10)15-13-9/h2-4H,5H2,1H3. The van der Waals surface area contributed by atoms with Crippen LogP contribution >= 0.6 is 15.9 Å². The predicted molar refractivity (Wildman–Crippen MR) is 56.7 cm³/mol. The Balaban J connectivity index is 2.35. The molecule has 0 aromatic carbocycles. The van der Waals surface area contributed by atoms with Crippen LogP contribution in [0.5, 0.6) is 5.88 Å². The molecule has 0 N–H and O–H groups in total. The summed E-state index contributed by atoms with van der Waals surface area (Å²) < 4.78 is 9.96. The van der Waals surface area contributed by atoms with E-state index in [1.54, 1.807) is 19.2 Å². The van der Waals surface area contributed by atoms with Crippen LogP contribution in [0.15, 0.2) is 22.7 Å². The maximum Gasteiger partial charge on any atom is 0.237 e.